The Kier molecular flexibility index (Phi) is 4.48. The molecular formula is C16H26N2O2S. The van der Waals surface area contributed by atoms with E-state index in [9.17, 15) is 9.59 Å². The second-order valence-electron chi connectivity index (χ2n) is 6.89. The third kappa shape index (κ3) is 3.22. The van der Waals surface area contributed by atoms with Gasteiger partial charge in [-0.15, -0.1) is 0 Å². The smallest absolute Gasteiger partial charge is 0.230 e. The second kappa shape index (κ2) is 6.19. The Morgan fingerprint density at radius 3 is 2.86 bits per heavy atom. The number of likely N-dealkylation sites (tertiary alicyclic amines) is 2. The van der Waals surface area contributed by atoms with Crippen molar-refractivity contribution in [3.05, 3.63) is 0 Å². The van der Waals surface area contributed by atoms with E-state index in [4.69, 9.17) is 0 Å². The van der Waals surface area contributed by atoms with Gasteiger partial charge >= 0.3 is 0 Å². The molecule has 1 spiro atoms. The third-order valence-electron chi connectivity index (χ3n) is 5.23. The number of piperidine rings is 1. The molecule has 0 aromatic heterocycles. The van der Waals surface area contributed by atoms with Crippen LogP contribution in [0.1, 0.15) is 38.5 Å². The lowest BCUT2D eigenvalue weighted by molar-refractivity contribution is -0.146. The summed E-state index contributed by atoms with van der Waals surface area (Å²) < 4.78 is 0. The molecule has 0 aromatic rings. The summed E-state index contributed by atoms with van der Waals surface area (Å²) in [5, 5.41) is 0. The van der Waals surface area contributed by atoms with E-state index >= 15 is 0 Å². The number of carbonyl (C=O) groups excluding carboxylic acids is 2. The predicted molar refractivity (Wildman–Crippen MR) is 85.2 cm³/mol. The van der Waals surface area contributed by atoms with Gasteiger partial charge < -0.3 is 9.80 Å². The lowest BCUT2D eigenvalue weighted by Gasteiger charge is -2.39. The molecule has 0 aromatic carbocycles. The molecule has 1 saturated carbocycles. The standard InChI is InChI=1S/C16H26N2O2S/c1-21-10-5-14(19)18-9-7-16(12-18)6-2-8-17(15(16)20)11-13-3-4-13/h13H,2-12H2,1H3. The molecule has 2 amide bonds. The van der Waals surface area contributed by atoms with Gasteiger partial charge in [0.05, 0.1) is 5.41 Å². The summed E-state index contributed by atoms with van der Waals surface area (Å²) in [6.45, 7) is 3.33. The number of thioether (sulfide) groups is 1. The highest BCUT2D eigenvalue weighted by Gasteiger charge is 2.49. The first-order valence-electron chi connectivity index (χ1n) is 8.21. The second-order valence-corrected chi connectivity index (χ2v) is 7.87. The summed E-state index contributed by atoms with van der Waals surface area (Å²) in [6.07, 6.45) is 8.16. The number of carbonyl (C=O) groups is 2. The molecule has 21 heavy (non-hydrogen) atoms. The first kappa shape index (κ1) is 15.2. The molecule has 0 radical (unpaired) electrons. The first-order valence-corrected chi connectivity index (χ1v) is 9.60. The van der Waals surface area contributed by atoms with Crippen molar-refractivity contribution >= 4 is 23.6 Å². The highest BCUT2D eigenvalue weighted by molar-refractivity contribution is 7.98. The monoisotopic (exact) mass is 310 g/mol. The van der Waals surface area contributed by atoms with Crippen molar-refractivity contribution in [3.8, 4) is 0 Å². The molecule has 2 saturated heterocycles. The van der Waals surface area contributed by atoms with Gasteiger partial charge in [-0.3, -0.25) is 9.59 Å². The number of hydrogen-bond acceptors (Lipinski definition) is 3. The molecule has 2 heterocycles. The van der Waals surface area contributed by atoms with E-state index < -0.39 is 0 Å². The van der Waals surface area contributed by atoms with Gasteiger partial charge in [-0.1, -0.05) is 0 Å². The molecule has 118 valence electrons. The molecule has 0 bridgehead atoms. The van der Waals surface area contributed by atoms with E-state index in [1.807, 2.05) is 11.2 Å². The molecule has 0 N–H and O–H groups in total. The SMILES string of the molecule is CSCCC(=O)N1CCC2(CCCN(CC3CC3)C2=O)C1. The van der Waals surface area contributed by atoms with Crippen molar-refractivity contribution in [2.75, 3.05) is 38.2 Å². The Morgan fingerprint density at radius 1 is 1.33 bits per heavy atom. The Labute approximate surface area is 131 Å². The molecule has 1 aliphatic carbocycles. The molecule has 1 unspecified atom stereocenters. The van der Waals surface area contributed by atoms with Crippen LogP contribution in [0.25, 0.3) is 0 Å². The molecule has 2 aliphatic heterocycles. The highest BCUT2D eigenvalue weighted by atomic mass is 32.2. The van der Waals surface area contributed by atoms with E-state index in [0.717, 1.165) is 50.6 Å². The number of amides is 2. The molecule has 3 rings (SSSR count). The van der Waals surface area contributed by atoms with Gasteiger partial charge in [-0.25, -0.2) is 0 Å². The fraction of sp³-hybridized carbons (Fsp3) is 0.875. The Morgan fingerprint density at radius 2 is 2.14 bits per heavy atom. The maximum atomic E-state index is 12.9. The predicted octanol–water partition coefficient (Wildman–Crippen LogP) is 1.99. The van der Waals surface area contributed by atoms with Gasteiger partial charge in [-0.2, -0.15) is 11.8 Å². The highest BCUT2D eigenvalue weighted by Crippen LogP contribution is 2.41. The maximum Gasteiger partial charge on any atom is 0.230 e. The third-order valence-corrected chi connectivity index (χ3v) is 5.84. The van der Waals surface area contributed by atoms with Crippen molar-refractivity contribution in [1.82, 2.24) is 9.80 Å². The largest absolute Gasteiger partial charge is 0.342 e. The minimum absolute atomic E-state index is 0.230. The van der Waals surface area contributed by atoms with Crippen molar-refractivity contribution < 1.29 is 9.59 Å². The summed E-state index contributed by atoms with van der Waals surface area (Å²) in [6, 6.07) is 0. The molecular weight excluding hydrogens is 284 g/mol. The molecule has 4 nitrogen and oxygen atoms in total. The van der Waals surface area contributed by atoms with Crippen LogP contribution in [0.3, 0.4) is 0 Å². The minimum Gasteiger partial charge on any atom is -0.342 e. The van der Waals surface area contributed by atoms with Crippen LogP contribution in [-0.4, -0.2) is 59.8 Å². The summed E-state index contributed by atoms with van der Waals surface area (Å²) in [5.74, 6) is 2.20. The van der Waals surface area contributed by atoms with Crippen molar-refractivity contribution in [2.45, 2.75) is 38.5 Å². The fourth-order valence-electron chi connectivity index (χ4n) is 3.75. The van der Waals surface area contributed by atoms with Crippen LogP contribution < -0.4 is 0 Å². The summed E-state index contributed by atoms with van der Waals surface area (Å²) >= 11 is 1.71. The van der Waals surface area contributed by atoms with Gasteiger partial charge in [0.1, 0.15) is 0 Å². The quantitative estimate of drug-likeness (QED) is 0.780. The van der Waals surface area contributed by atoms with Gasteiger partial charge in [0, 0.05) is 38.4 Å². The van der Waals surface area contributed by atoms with Crippen LogP contribution in [0.15, 0.2) is 0 Å². The van der Waals surface area contributed by atoms with E-state index in [-0.39, 0.29) is 11.3 Å². The van der Waals surface area contributed by atoms with Crippen LogP contribution in [-0.2, 0) is 9.59 Å². The van der Waals surface area contributed by atoms with Crippen LogP contribution >= 0.6 is 11.8 Å². The normalized spacial score (nSPS) is 29.5. The van der Waals surface area contributed by atoms with E-state index in [1.165, 1.54) is 12.8 Å². The first-order chi connectivity index (χ1) is 10.1. The Hall–Kier alpha value is -0.710. The summed E-state index contributed by atoms with van der Waals surface area (Å²) in [4.78, 5) is 29.1. The Balaban J connectivity index is 1.61. The van der Waals surface area contributed by atoms with Crippen molar-refractivity contribution in [3.63, 3.8) is 0 Å². The van der Waals surface area contributed by atoms with E-state index in [1.54, 1.807) is 11.8 Å². The number of nitrogens with zero attached hydrogens (tertiary/aromatic N) is 2. The van der Waals surface area contributed by atoms with Gasteiger partial charge in [0.15, 0.2) is 0 Å². The topological polar surface area (TPSA) is 40.6 Å². The van der Waals surface area contributed by atoms with Crippen molar-refractivity contribution in [2.24, 2.45) is 11.3 Å². The lowest BCUT2D eigenvalue weighted by atomic mass is 9.78. The number of hydrogen-bond donors (Lipinski definition) is 0. The van der Waals surface area contributed by atoms with E-state index in [2.05, 4.69) is 4.90 Å². The van der Waals surface area contributed by atoms with Gasteiger partial charge in [-0.05, 0) is 44.3 Å². The van der Waals surface area contributed by atoms with Crippen LogP contribution in [0.2, 0.25) is 0 Å². The van der Waals surface area contributed by atoms with Gasteiger partial charge in [0.25, 0.3) is 0 Å². The van der Waals surface area contributed by atoms with E-state index in [0.29, 0.717) is 18.9 Å². The van der Waals surface area contributed by atoms with Crippen molar-refractivity contribution in [1.29, 1.82) is 0 Å². The summed E-state index contributed by atoms with van der Waals surface area (Å²) in [5.41, 5.74) is -0.248. The molecule has 3 fully saturated rings. The average molecular weight is 310 g/mol. The zero-order chi connectivity index (χ0) is 14.9. The lowest BCUT2D eigenvalue weighted by Crippen LogP contribution is -2.50. The zero-order valence-electron chi connectivity index (χ0n) is 13.0. The average Bonchev–Trinajstić information content (AvgIpc) is 3.20. The fourth-order valence-corrected chi connectivity index (χ4v) is 4.13. The minimum atomic E-state index is -0.248. The van der Waals surface area contributed by atoms with Crippen LogP contribution in [0.4, 0.5) is 0 Å². The number of rotatable bonds is 5. The maximum absolute atomic E-state index is 12.9. The zero-order valence-corrected chi connectivity index (χ0v) is 13.8. The molecule has 3 aliphatic rings. The summed E-state index contributed by atoms with van der Waals surface area (Å²) in [7, 11) is 0. The molecule has 1 atom stereocenters. The Bertz CT molecular complexity index is 425. The molecule has 5 heteroatoms. The van der Waals surface area contributed by atoms with Crippen LogP contribution in [0.5, 0.6) is 0 Å². The van der Waals surface area contributed by atoms with Crippen LogP contribution in [0, 0.1) is 11.3 Å². The van der Waals surface area contributed by atoms with Gasteiger partial charge in [0.2, 0.25) is 11.8 Å².